The Bertz CT molecular complexity index is 1100. The molecule has 0 bridgehead atoms. The van der Waals surface area contributed by atoms with Crippen molar-refractivity contribution in [1.29, 1.82) is 0 Å². The second-order valence-electron chi connectivity index (χ2n) is 6.06. The van der Waals surface area contributed by atoms with Gasteiger partial charge in [0.25, 0.3) is 5.91 Å². The quantitative estimate of drug-likeness (QED) is 0.503. The Morgan fingerprint density at radius 3 is 2.78 bits per heavy atom. The second kappa shape index (κ2) is 7.38. The highest BCUT2D eigenvalue weighted by molar-refractivity contribution is 7.80. The van der Waals surface area contributed by atoms with Crippen LogP contribution in [0.2, 0.25) is 0 Å². The van der Waals surface area contributed by atoms with Crippen molar-refractivity contribution in [1.82, 2.24) is 15.2 Å². The number of carbonyl (C=O) groups is 1. The first-order valence-corrected chi connectivity index (χ1v) is 9.63. The number of rotatable bonds is 4. The molecule has 27 heavy (non-hydrogen) atoms. The van der Waals surface area contributed by atoms with E-state index in [-0.39, 0.29) is 11.0 Å². The van der Waals surface area contributed by atoms with Gasteiger partial charge in [-0.2, -0.15) is 0 Å². The highest BCUT2D eigenvalue weighted by Gasteiger charge is 2.16. The minimum Gasteiger partial charge on any atom is -0.467 e. The van der Waals surface area contributed by atoms with Crippen LogP contribution < -0.4 is 10.6 Å². The average Bonchev–Trinajstić information content (AvgIpc) is 3.39. The van der Waals surface area contributed by atoms with Crippen molar-refractivity contribution in [2.24, 2.45) is 0 Å². The highest BCUT2D eigenvalue weighted by atomic mass is 32.1. The molecule has 3 aromatic heterocycles. The fourth-order valence-electron chi connectivity index (χ4n) is 2.85. The monoisotopic (exact) mass is 395 g/mol. The number of amides is 1. The van der Waals surface area contributed by atoms with Gasteiger partial charge in [0.1, 0.15) is 10.6 Å². The molecule has 0 atom stereocenters. The van der Waals surface area contributed by atoms with Gasteiger partial charge in [-0.05, 0) is 55.0 Å². The Balaban J connectivity index is 1.52. The van der Waals surface area contributed by atoms with Crippen molar-refractivity contribution in [3.05, 3.63) is 77.2 Å². The molecule has 0 saturated heterocycles. The molecular weight excluding hydrogens is 378 g/mol. The molecule has 0 unspecified atom stereocenters. The van der Waals surface area contributed by atoms with E-state index < -0.39 is 0 Å². The SMILES string of the molecule is Cc1cn(-c2ccccc2)c2sc(C(=O)NC(=S)NCc3ccco3)cc12. The number of nitrogens with zero attached hydrogens (tertiary/aromatic N) is 1. The van der Waals surface area contributed by atoms with Crippen molar-refractivity contribution < 1.29 is 9.21 Å². The first kappa shape index (κ1) is 17.5. The predicted molar refractivity (Wildman–Crippen MR) is 112 cm³/mol. The van der Waals surface area contributed by atoms with Crippen LogP contribution in [0.4, 0.5) is 0 Å². The zero-order valence-corrected chi connectivity index (χ0v) is 16.2. The van der Waals surface area contributed by atoms with E-state index in [9.17, 15) is 4.79 Å². The van der Waals surface area contributed by atoms with E-state index >= 15 is 0 Å². The molecule has 0 spiro atoms. The molecule has 0 aliphatic rings. The molecule has 0 saturated carbocycles. The van der Waals surface area contributed by atoms with E-state index in [4.69, 9.17) is 16.6 Å². The Morgan fingerprint density at radius 1 is 1.22 bits per heavy atom. The van der Waals surface area contributed by atoms with Crippen LogP contribution in [-0.4, -0.2) is 15.6 Å². The number of fused-ring (bicyclic) bond motifs is 1. The summed E-state index contributed by atoms with van der Waals surface area (Å²) in [6.45, 7) is 2.47. The fraction of sp³-hybridized carbons (Fsp3) is 0.100. The Kier molecular flexibility index (Phi) is 4.79. The third kappa shape index (κ3) is 3.65. The summed E-state index contributed by atoms with van der Waals surface area (Å²) < 4.78 is 7.35. The Morgan fingerprint density at radius 2 is 2.04 bits per heavy atom. The van der Waals surface area contributed by atoms with Crippen molar-refractivity contribution >= 4 is 44.8 Å². The Labute approximate surface area is 165 Å². The molecule has 1 amide bonds. The van der Waals surface area contributed by atoms with Gasteiger partial charge in [0.05, 0.1) is 17.7 Å². The van der Waals surface area contributed by atoms with Crippen molar-refractivity contribution in [2.75, 3.05) is 0 Å². The van der Waals surface area contributed by atoms with Crippen LogP contribution >= 0.6 is 23.6 Å². The van der Waals surface area contributed by atoms with E-state index in [1.54, 1.807) is 12.3 Å². The number of hydrogen-bond acceptors (Lipinski definition) is 4. The van der Waals surface area contributed by atoms with Crippen molar-refractivity contribution in [3.8, 4) is 5.69 Å². The van der Waals surface area contributed by atoms with Gasteiger partial charge in [-0.25, -0.2) is 0 Å². The maximum absolute atomic E-state index is 12.6. The van der Waals surface area contributed by atoms with E-state index in [2.05, 4.69) is 21.4 Å². The summed E-state index contributed by atoms with van der Waals surface area (Å²) in [4.78, 5) is 14.2. The lowest BCUT2D eigenvalue weighted by molar-refractivity contribution is 0.0980. The first-order valence-electron chi connectivity index (χ1n) is 8.40. The molecule has 136 valence electrons. The molecule has 0 fully saturated rings. The van der Waals surface area contributed by atoms with Gasteiger partial charge in [0.15, 0.2) is 5.11 Å². The summed E-state index contributed by atoms with van der Waals surface area (Å²) in [5.41, 5.74) is 2.20. The van der Waals surface area contributed by atoms with Crippen LogP contribution in [0.25, 0.3) is 15.9 Å². The van der Waals surface area contributed by atoms with Gasteiger partial charge >= 0.3 is 0 Å². The summed E-state index contributed by atoms with van der Waals surface area (Å²) in [6, 6.07) is 15.6. The number of thiocarbonyl (C=S) groups is 1. The summed E-state index contributed by atoms with van der Waals surface area (Å²) in [6.07, 6.45) is 3.69. The lowest BCUT2D eigenvalue weighted by Gasteiger charge is -2.07. The van der Waals surface area contributed by atoms with E-state index in [1.807, 2.05) is 49.4 Å². The maximum Gasteiger partial charge on any atom is 0.267 e. The van der Waals surface area contributed by atoms with E-state index in [0.717, 1.165) is 27.2 Å². The maximum atomic E-state index is 12.6. The zero-order chi connectivity index (χ0) is 18.8. The number of aromatic nitrogens is 1. The smallest absolute Gasteiger partial charge is 0.267 e. The Hall–Kier alpha value is -2.90. The number of benzene rings is 1. The molecule has 1 aromatic carbocycles. The summed E-state index contributed by atoms with van der Waals surface area (Å²) in [5, 5.41) is 7.04. The van der Waals surface area contributed by atoms with Gasteiger partial charge in [-0.1, -0.05) is 18.2 Å². The lowest BCUT2D eigenvalue weighted by Crippen LogP contribution is -2.38. The number of nitrogens with one attached hydrogen (secondary N) is 2. The number of thiophene rings is 1. The molecular formula is C20H17N3O2S2. The first-order chi connectivity index (χ1) is 13.1. The van der Waals surface area contributed by atoms with Gasteiger partial charge in [-0.3, -0.25) is 10.1 Å². The summed E-state index contributed by atoms with van der Waals surface area (Å²) in [7, 11) is 0. The molecule has 4 aromatic rings. The average molecular weight is 396 g/mol. The van der Waals surface area contributed by atoms with Gasteiger partial charge in [-0.15, -0.1) is 11.3 Å². The molecule has 3 heterocycles. The molecule has 0 radical (unpaired) electrons. The standard InChI is InChI=1S/C20H17N3O2S2/c1-13-12-23(14-6-3-2-4-7-14)19-16(13)10-17(27-19)18(24)22-20(26)21-11-15-8-5-9-25-15/h2-10,12H,11H2,1H3,(H2,21,22,24,26). The summed E-state index contributed by atoms with van der Waals surface area (Å²) >= 11 is 6.66. The summed E-state index contributed by atoms with van der Waals surface area (Å²) in [5.74, 6) is 0.535. The van der Waals surface area contributed by atoms with Crippen LogP contribution in [0.3, 0.4) is 0 Å². The van der Waals surface area contributed by atoms with Crippen LogP contribution in [-0.2, 0) is 6.54 Å². The van der Waals surface area contributed by atoms with Crippen LogP contribution in [0.15, 0.2) is 65.4 Å². The number of carbonyl (C=O) groups excluding carboxylic acids is 1. The third-order valence-corrected chi connectivity index (χ3v) is 5.55. The number of hydrogen-bond donors (Lipinski definition) is 2. The van der Waals surface area contributed by atoms with Crippen LogP contribution in [0, 0.1) is 6.92 Å². The predicted octanol–water partition coefficient (Wildman–Crippen LogP) is 4.40. The minimum atomic E-state index is -0.216. The highest BCUT2D eigenvalue weighted by Crippen LogP contribution is 2.32. The zero-order valence-electron chi connectivity index (χ0n) is 14.6. The van der Waals surface area contributed by atoms with Crippen LogP contribution in [0.1, 0.15) is 21.0 Å². The van der Waals surface area contributed by atoms with Gasteiger partial charge in [0, 0.05) is 17.3 Å². The molecule has 5 nitrogen and oxygen atoms in total. The molecule has 0 aliphatic carbocycles. The molecule has 0 aliphatic heterocycles. The topological polar surface area (TPSA) is 59.2 Å². The lowest BCUT2D eigenvalue weighted by atomic mass is 10.2. The largest absolute Gasteiger partial charge is 0.467 e. The minimum absolute atomic E-state index is 0.216. The third-order valence-electron chi connectivity index (χ3n) is 4.17. The number of aryl methyl sites for hydroxylation is 1. The van der Waals surface area contributed by atoms with Crippen molar-refractivity contribution in [3.63, 3.8) is 0 Å². The van der Waals surface area contributed by atoms with E-state index in [0.29, 0.717) is 11.4 Å². The molecule has 2 N–H and O–H groups in total. The van der Waals surface area contributed by atoms with E-state index in [1.165, 1.54) is 11.3 Å². The molecule has 7 heteroatoms. The van der Waals surface area contributed by atoms with Crippen molar-refractivity contribution in [2.45, 2.75) is 13.5 Å². The van der Waals surface area contributed by atoms with Gasteiger partial charge < -0.3 is 14.3 Å². The normalized spacial score (nSPS) is 10.9. The number of furan rings is 1. The van der Waals surface area contributed by atoms with Crippen LogP contribution in [0.5, 0.6) is 0 Å². The molecule has 4 rings (SSSR count). The number of para-hydroxylation sites is 1. The second-order valence-corrected chi connectivity index (χ2v) is 7.50. The van der Waals surface area contributed by atoms with Gasteiger partial charge in [0.2, 0.25) is 0 Å². The fourth-order valence-corrected chi connectivity index (χ4v) is 4.13.